The molecule has 1 fully saturated rings. The third-order valence-corrected chi connectivity index (χ3v) is 3.10. The Morgan fingerprint density at radius 1 is 1.46 bits per heavy atom. The Labute approximate surface area is 78.8 Å². The molecule has 0 aliphatic heterocycles. The zero-order valence-electron chi connectivity index (χ0n) is 7.86. The molecule has 1 heteroatoms. The van der Waals surface area contributed by atoms with Gasteiger partial charge in [-0.3, -0.25) is 0 Å². The molecule has 0 spiro atoms. The number of hydrogen-bond acceptors (Lipinski definition) is 1. The van der Waals surface area contributed by atoms with Crippen LogP contribution in [0.5, 0.6) is 0 Å². The van der Waals surface area contributed by atoms with E-state index in [9.17, 15) is 4.79 Å². The van der Waals surface area contributed by atoms with Crippen molar-refractivity contribution in [1.29, 1.82) is 0 Å². The second-order valence-electron chi connectivity index (χ2n) is 4.19. The molecule has 2 atom stereocenters. The summed E-state index contributed by atoms with van der Waals surface area (Å²) in [6.45, 7) is 2.19. The molecule has 13 heavy (non-hydrogen) atoms. The van der Waals surface area contributed by atoms with Crippen molar-refractivity contribution < 1.29 is 4.79 Å². The van der Waals surface area contributed by atoms with E-state index in [-0.39, 0.29) is 5.41 Å². The van der Waals surface area contributed by atoms with E-state index in [4.69, 9.17) is 0 Å². The van der Waals surface area contributed by atoms with E-state index in [0.29, 0.717) is 12.3 Å². The number of aldehydes is 1. The molecule has 0 heterocycles. The van der Waals surface area contributed by atoms with Gasteiger partial charge in [-0.05, 0) is 23.3 Å². The number of benzene rings is 1. The Morgan fingerprint density at radius 2 is 2.15 bits per heavy atom. The highest BCUT2D eigenvalue weighted by atomic mass is 16.1. The van der Waals surface area contributed by atoms with Gasteiger partial charge in [0, 0.05) is 6.42 Å². The van der Waals surface area contributed by atoms with E-state index < -0.39 is 0 Å². The van der Waals surface area contributed by atoms with Gasteiger partial charge in [0.05, 0.1) is 0 Å². The number of carbonyl (C=O) groups is 1. The predicted octanol–water partition coefficient (Wildman–Crippen LogP) is 2.77. The monoisotopic (exact) mass is 174 g/mol. The lowest BCUT2D eigenvalue weighted by Crippen LogP contribution is -1.97. The Morgan fingerprint density at radius 3 is 2.77 bits per heavy atom. The SMILES string of the molecule is CC1(CC=O)CC1c1ccccc1. The van der Waals surface area contributed by atoms with Crippen LogP contribution in [0.3, 0.4) is 0 Å². The molecule has 0 N–H and O–H groups in total. The average molecular weight is 174 g/mol. The lowest BCUT2D eigenvalue weighted by molar-refractivity contribution is -0.108. The molecule has 1 saturated carbocycles. The minimum absolute atomic E-state index is 0.253. The van der Waals surface area contributed by atoms with E-state index in [1.165, 1.54) is 5.56 Å². The van der Waals surface area contributed by atoms with E-state index in [0.717, 1.165) is 12.7 Å². The normalized spacial score (nSPS) is 31.3. The van der Waals surface area contributed by atoms with E-state index in [1.807, 2.05) is 6.07 Å². The van der Waals surface area contributed by atoms with Gasteiger partial charge in [0.15, 0.2) is 0 Å². The molecular weight excluding hydrogens is 160 g/mol. The Hall–Kier alpha value is -1.11. The lowest BCUT2D eigenvalue weighted by Gasteiger charge is -2.05. The Kier molecular flexibility index (Phi) is 1.95. The largest absolute Gasteiger partial charge is 0.303 e. The number of carbonyl (C=O) groups excluding carboxylic acids is 1. The summed E-state index contributed by atoms with van der Waals surface area (Å²) in [6.07, 6.45) is 2.91. The minimum atomic E-state index is 0.253. The molecule has 1 aliphatic carbocycles. The van der Waals surface area contributed by atoms with Crippen molar-refractivity contribution in [2.75, 3.05) is 0 Å². The molecular formula is C12H14O. The first-order valence-electron chi connectivity index (χ1n) is 4.75. The fourth-order valence-corrected chi connectivity index (χ4v) is 2.03. The van der Waals surface area contributed by atoms with Crippen LogP contribution in [0.2, 0.25) is 0 Å². The molecule has 1 aromatic carbocycles. The van der Waals surface area contributed by atoms with E-state index >= 15 is 0 Å². The minimum Gasteiger partial charge on any atom is -0.303 e. The molecule has 0 aromatic heterocycles. The second-order valence-corrected chi connectivity index (χ2v) is 4.19. The average Bonchev–Trinajstić information content (AvgIpc) is 2.80. The smallest absolute Gasteiger partial charge is 0.120 e. The first-order valence-corrected chi connectivity index (χ1v) is 4.75. The van der Waals surface area contributed by atoms with Gasteiger partial charge in [-0.15, -0.1) is 0 Å². The van der Waals surface area contributed by atoms with Crippen molar-refractivity contribution in [3.8, 4) is 0 Å². The van der Waals surface area contributed by atoms with Gasteiger partial charge in [-0.1, -0.05) is 37.3 Å². The maximum absolute atomic E-state index is 10.4. The van der Waals surface area contributed by atoms with Gasteiger partial charge in [0.2, 0.25) is 0 Å². The highest BCUT2D eigenvalue weighted by molar-refractivity contribution is 5.53. The topological polar surface area (TPSA) is 17.1 Å². The standard InChI is InChI=1S/C12H14O/c1-12(7-8-13)9-11(12)10-5-3-2-4-6-10/h2-6,8,11H,7,9H2,1H3. The molecule has 0 saturated heterocycles. The van der Waals surface area contributed by atoms with Crippen LogP contribution >= 0.6 is 0 Å². The van der Waals surface area contributed by atoms with Crippen LogP contribution in [-0.2, 0) is 4.79 Å². The third kappa shape index (κ3) is 1.51. The van der Waals surface area contributed by atoms with Crippen molar-refractivity contribution in [2.45, 2.75) is 25.7 Å². The highest BCUT2D eigenvalue weighted by Crippen LogP contribution is 2.60. The molecule has 1 aliphatic rings. The van der Waals surface area contributed by atoms with Crippen LogP contribution in [0.1, 0.15) is 31.2 Å². The van der Waals surface area contributed by atoms with Gasteiger partial charge in [-0.25, -0.2) is 0 Å². The van der Waals surface area contributed by atoms with Crippen LogP contribution in [0.4, 0.5) is 0 Å². The first-order chi connectivity index (χ1) is 6.26. The summed E-state index contributed by atoms with van der Waals surface area (Å²) in [7, 11) is 0. The van der Waals surface area contributed by atoms with Gasteiger partial charge < -0.3 is 4.79 Å². The quantitative estimate of drug-likeness (QED) is 0.644. The molecule has 2 unspecified atom stereocenters. The van der Waals surface area contributed by atoms with Crippen molar-refractivity contribution >= 4 is 6.29 Å². The second kappa shape index (κ2) is 2.99. The maximum Gasteiger partial charge on any atom is 0.120 e. The van der Waals surface area contributed by atoms with Crippen molar-refractivity contribution in [3.05, 3.63) is 35.9 Å². The van der Waals surface area contributed by atoms with Crippen molar-refractivity contribution in [2.24, 2.45) is 5.41 Å². The summed E-state index contributed by atoms with van der Waals surface area (Å²) in [5, 5.41) is 0. The predicted molar refractivity (Wildman–Crippen MR) is 52.6 cm³/mol. The highest BCUT2D eigenvalue weighted by Gasteiger charge is 2.49. The first kappa shape index (κ1) is 8.49. The fourth-order valence-electron chi connectivity index (χ4n) is 2.03. The molecule has 2 rings (SSSR count). The fraction of sp³-hybridized carbons (Fsp3) is 0.417. The number of rotatable bonds is 3. The van der Waals surface area contributed by atoms with Gasteiger partial charge >= 0.3 is 0 Å². The van der Waals surface area contributed by atoms with Crippen LogP contribution in [0.25, 0.3) is 0 Å². The molecule has 1 nitrogen and oxygen atoms in total. The van der Waals surface area contributed by atoms with E-state index in [2.05, 4.69) is 31.2 Å². The molecule has 0 amide bonds. The maximum atomic E-state index is 10.4. The summed E-state index contributed by atoms with van der Waals surface area (Å²) in [5.74, 6) is 0.610. The van der Waals surface area contributed by atoms with Gasteiger partial charge in [0.1, 0.15) is 6.29 Å². The van der Waals surface area contributed by atoms with Crippen LogP contribution in [0, 0.1) is 5.41 Å². The summed E-state index contributed by atoms with van der Waals surface area (Å²) < 4.78 is 0. The van der Waals surface area contributed by atoms with Crippen LogP contribution in [-0.4, -0.2) is 6.29 Å². The molecule has 0 bridgehead atoms. The Bertz CT molecular complexity index is 304. The van der Waals surface area contributed by atoms with Crippen LogP contribution < -0.4 is 0 Å². The molecule has 68 valence electrons. The van der Waals surface area contributed by atoms with Crippen molar-refractivity contribution in [1.82, 2.24) is 0 Å². The van der Waals surface area contributed by atoms with Crippen molar-refractivity contribution in [3.63, 3.8) is 0 Å². The van der Waals surface area contributed by atoms with Crippen LogP contribution in [0.15, 0.2) is 30.3 Å². The molecule has 0 radical (unpaired) electrons. The Balaban J connectivity index is 2.11. The molecule has 1 aromatic rings. The zero-order chi connectivity index (χ0) is 9.31. The summed E-state index contributed by atoms with van der Waals surface area (Å²) >= 11 is 0. The lowest BCUT2D eigenvalue weighted by atomic mass is 9.98. The van der Waals surface area contributed by atoms with Gasteiger partial charge in [-0.2, -0.15) is 0 Å². The van der Waals surface area contributed by atoms with Gasteiger partial charge in [0.25, 0.3) is 0 Å². The summed E-state index contributed by atoms with van der Waals surface area (Å²) in [6, 6.07) is 10.5. The number of hydrogen-bond donors (Lipinski definition) is 0. The summed E-state index contributed by atoms with van der Waals surface area (Å²) in [5.41, 5.74) is 1.63. The zero-order valence-corrected chi connectivity index (χ0v) is 7.86. The third-order valence-electron chi connectivity index (χ3n) is 3.10. The summed E-state index contributed by atoms with van der Waals surface area (Å²) in [4.78, 5) is 10.4. The van der Waals surface area contributed by atoms with E-state index in [1.54, 1.807) is 0 Å².